The van der Waals surface area contributed by atoms with Gasteiger partial charge >= 0.3 is 0 Å². The molecule has 1 N–H and O–H groups in total. The number of halogens is 1. The van der Waals surface area contributed by atoms with E-state index in [-0.39, 0.29) is 6.04 Å². The third-order valence-electron chi connectivity index (χ3n) is 3.22. The Morgan fingerprint density at radius 2 is 2.00 bits per heavy atom. The van der Waals surface area contributed by atoms with Crippen molar-refractivity contribution in [2.75, 3.05) is 12.8 Å². The van der Waals surface area contributed by atoms with Crippen LogP contribution in [-0.2, 0) is 6.42 Å². The van der Waals surface area contributed by atoms with Crippen molar-refractivity contribution in [2.45, 2.75) is 24.3 Å². The van der Waals surface area contributed by atoms with Gasteiger partial charge in [-0.3, -0.25) is 4.98 Å². The van der Waals surface area contributed by atoms with Gasteiger partial charge in [-0.05, 0) is 48.5 Å². The number of aromatic nitrogens is 1. The molecule has 20 heavy (non-hydrogen) atoms. The van der Waals surface area contributed by atoms with Crippen molar-refractivity contribution in [1.29, 1.82) is 0 Å². The zero-order chi connectivity index (χ0) is 14.4. The molecule has 2 nitrogen and oxygen atoms in total. The molecule has 1 heterocycles. The molecule has 0 spiro atoms. The summed E-state index contributed by atoms with van der Waals surface area (Å²) in [5.41, 5.74) is 2.40. The Bertz CT molecular complexity index is 542. The second-order valence-electron chi connectivity index (χ2n) is 4.51. The second kappa shape index (κ2) is 7.67. The number of thioether (sulfide) groups is 1. The molecule has 1 aromatic carbocycles. The van der Waals surface area contributed by atoms with E-state index in [2.05, 4.69) is 41.5 Å². The number of rotatable bonds is 6. The van der Waals surface area contributed by atoms with Crippen molar-refractivity contribution >= 4 is 23.4 Å². The number of benzene rings is 1. The number of pyridine rings is 1. The molecule has 1 unspecified atom stereocenters. The Morgan fingerprint density at radius 3 is 2.60 bits per heavy atom. The van der Waals surface area contributed by atoms with E-state index in [9.17, 15) is 0 Å². The normalized spacial score (nSPS) is 12.3. The van der Waals surface area contributed by atoms with Crippen LogP contribution in [0.2, 0.25) is 5.02 Å². The lowest BCUT2D eigenvalue weighted by Gasteiger charge is -2.17. The average molecular weight is 307 g/mol. The molecule has 2 rings (SSSR count). The van der Waals surface area contributed by atoms with Crippen molar-refractivity contribution in [3.05, 3.63) is 58.9 Å². The highest BCUT2D eigenvalue weighted by Gasteiger charge is 2.12. The molecule has 4 heteroatoms. The van der Waals surface area contributed by atoms with E-state index in [0.29, 0.717) is 0 Å². The SMILES string of the molecule is CCSc1ccc(C(Cc2ccncc2Cl)NC)cc1. The van der Waals surface area contributed by atoms with Crippen LogP contribution in [0.4, 0.5) is 0 Å². The molecule has 0 bridgehead atoms. The Balaban J connectivity index is 2.13. The summed E-state index contributed by atoms with van der Waals surface area (Å²) in [6.07, 6.45) is 4.34. The van der Waals surface area contributed by atoms with Crippen molar-refractivity contribution in [3.8, 4) is 0 Å². The number of likely N-dealkylation sites (N-methyl/N-ethyl adjacent to an activating group) is 1. The van der Waals surface area contributed by atoms with Crippen LogP contribution in [0, 0.1) is 0 Å². The molecule has 0 fully saturated rings. The minimum atomic E-state index is 0.260. The minimum Gasteiger partial charge on any atom is -0.313 e. The van der Waals surface area contributed by atoms with E-state index >= 15 is 0 Å². The molecule has 2 aromatic rings. The van der Waals surface area contributed by atoms with Gasteiger partial charge in [0.05, 0.1) is 5.02 Å². The lowest BCUT2D eigenvalue weighted by atomic mass is 10.00. The predicted octanol–water partition coefficient (Wildman–Crippen LogP) is 4.35. The fraction of sp³-hybridized carbons (Fsp3) is 0.312. The zero-order valence-electron chi connectivity index (χ0n) is 11.8. The molecule has 0 aliphatic rings. The fourth-order valence-electron chi connectivity index (χ4n) is 2.14. The van der Waals surface area contributed by atoms with E-state index in [4.69, 9.17) is 11.6 Å². The summed E-state index contributed by atoms with van der Waals surface area (Å²) in [4.78, 5) is 5.34. The first kappa shape index (κ1) is 15.4. The van der Waals surface area contributed by atoms with Crippen LogP contribution in [-0.4, -0.2) is 17.8 Å². The predicted molar refractivity (Wildman–Crippen MR) is 87.6 cm³/mol. The zero-order valence-corrected chi connectivity index (χ0v) is 13.3. The van der Waals surface area contributed by atoms with Gasteiger partial charge in [0.1, 0.15) is 0 Å². The Morgan fingerprint density at radius 1 is 1.25 bits per heavy atom. The van der Waals surface area contributed by atoms with Crippen LogP contribution >= 0.6 is 23.4 Å². The van der Waals surface area contributed by atoms with Crippen molar-refractivity contribution in [2.24, 2.45) is 0 Å². The van der Waals surface area contributed by atoms with Crippen LogP contribution in [0.1, 0.15) is 24.1 Å². The fourth-order valence-corrected chi connectivity index (χ4v) is 3.00. The van der Waals surface area contributed by atoms with Gasteiger partial charge < -0.3 is 5.32 Å². The molecule has 1 aromatic heterocycles. The first-order valence-corrected chi connectivity index (χ1v) is 8.09. The Labute approximate surface area is 130 Å². The smallest absolute Gasteiger partial charge is 0.0622 e. The monoisotopic (exact) mass is 306 g/mol. The summed E-state index contributed by atoms with van der Waals surface area (Å²) in [7, 11) is 1.98. The lowest BCUT2D eigenvalue weighted by molar-refractivity contribution is 0.591. The van der Waals surface area contributed by atoms with E-state index in [0.717, 1.165) is 22.8 Å². The number of nitrogens with zero attached hydrogens (tertiary/aromatic N) is 1. The molecule has 0 saturated heterocycles. The van der Waals surface area contributed by atoms with Gasteiger partial charge in [-0.15, -0.1) is 11.8 Å². The van der Waals surface area contributed by atoms with E-state index in [1.165, 1.54) is 10.5 Å². The third kappa shape index (κ3) is 3.98. The van der Waals surface area contributed by atoms with E-state index < -0.39 is 0 Å². The summed E-state index contributed by atoms with van der Waals surface area (Å²) in [6, 6.07) is 11.0. The first-order chi connectivity index (χ1) is 9.74. The molecular weight excluding hydrogens is 288 g/mol. The highest BCUT2D eigenvalue weighted by molar-refractivity contribution is 7.99. The highest BCUT2D eigenvalue weighted by Crippen LogP contribution is 2.25. The Kier molecular flexibility index (Phi) is 5.89. The lowest BCUT2D eigenvalue weighted by Crippen LogP contribution is -2.19. The van der Waals surface area contributed by atoms with Crippen LogP contribution in [0.15, 0.2) is 47.6 Å². The van der Waals surface area contributed by atoms with E-state index in [1.54, 1.807) is 12.4 Å². The molecule has 0 amide bonds. The third-order valence-corrected chi connectivity index (χ3v) is 4.46. The Hall–Kier alpha value is -1.03. The van der Waals surface area contributed by atoms with Crippen LogP contribution in [0.5, 0.6) is 0 Å². The van der Waals surface area contributed by atoms with Gasteiger partial charge in [0, 0.05) is 23.3 Å². The summed E-state index contributed by atoms with van der Waals surface area (Å²) < 4.78 is 0. The van der Waals surface area contributed by atoms with Gasteiger partial charge in [-0.25, -0.2) is 0 Å². The molecule has 0 radical (unpaired) electrons. The maximum atomic E-state index is 6.19. The standard InChI is InChI=1S/C16H19ClN2S/c1-3-20-14-6-4-12(5-7-14)16(18-2)10-13-8-9-19-11-15(13)17/h4-9,11,16,18H,3,10H2,1-2H3. The van der Waals surface area contributed by atoms with Crippen LogP contribution in [0.25, 0.3) is 0 Å². The summed E-state index contributed by atoms with van der Waals surface area (Å²) in [5.74, 6) is 1.10. The topological polar surface area (TPSA) is 24.9 Å². The molecule has 1 atom stereocenters. The molecule has 106 valence electrons. The van der Waals surface area contributed by atoms with Crippen molar-refractivity contribution < 1.29 is 0 Å². The molecular formula is C16H19ClN2S. The summed E-state index contributed by atoms with van der Waals surface area (Å²) in [6.45, 7) is 2.17. The van der Waals surface area contributed by atoms with Gasteiger partial charge in [0.15, 0.2) is 0 Å². The van der Waals surface area contributed by atoms with Gasteiger partial charge in [-0.2, -0.15) is 0 Å². The average Bonchev–Trinajstić information content (AvgIpc) is 2.48. The van der Waals surface area contributed by atoms with Gasteiger partial charge in [0.2, 0.25) is 0 Å². The first-order valence-electron chi connectivity index (χ1n) is 6.73. The maximum absolute atomic E-state index is 6.19. The highest BCUT2D eigenvalue weighted by atomic mass is 35.5. The van der Waals surface area contributed by atoms with E-state index in [1.807, 2.05) is 24.9 Å². The number of nitrogens with one attached hydrogen (secondary N) is 1. The van der Waals surface area contributed by atoms with Gasteiger partial charge in [0.25, 0.3) is 0 Å². The summed E-state index contributed by atoms with van der Waals surface area (Å²) in [5, 5.41) is 4.09. The second-order valence-corrected chi connectivity index (χ2v) is 6.26. The summed E-state index contributed by atoms with van der Waals surface area (Å²) >= 11 is 8.05. The molecule has 0 aliphatic heterocycles. The quantitative estimate of drug-likeness (QED) is 0.803. The number of hydrogen-bond donors (Lipinski definition) is 1. The largest absolute Gasteiger partial charge is 0.313 e. The maximum Gasteiger partial charge on any atom is 0.0622 e. The number of hydrogen-bond acceptors (Lipinski definition) is 3. The molecule has 0 saturated carbocycles. The van der Waals surface area contributed by atoms with Crippen LogP contribution < -0.4 is 5.32 Å². The van der Waals surface area contributed by atoms with Gasteiger partial charge in [-0.1, -0.05) is 30.7 Å². The van der Waals surface area contributed by atoms with Crippen molar-refractivity contribution in [1.82, 2.24) is 10.3 Å². The van der Waals surface area contributed by atoms with Crippen molar-refractivity contribution in [3.63, 3.8) is 0 Å². The minimum absolute atomic E-state index is 0.260. The van der Waals surface area contributed by atoms with Crippen LogP contribution in [0.3, 0.4) is 0 Å². The molecule has 0 aliphatic carbocycles.